The van der Waals surface area contributed by atoms with Gasteiger partial charge in [-0.2, -0.15) is 5.10 Å². The van der Waals surface area contributed by atoms with Crippen LogP contribution >= 0.6 is 0 Å². The number of carbonyl (C=O) groups excluding carboxylic acids is 1. The summed E-state index contributed by atoms with van der Waals surface area (Å²) in [5.74, 6) is -0.124. The number of halogens is 1. The number of aromatic amines is 1. The standard InChI is InChI=1S/C31H30FN5O/c1-6-18-10-9-11-19-22-16-30(4,32)26-21(13-15-34-26)31(22,5)27-20-17-36(28(38)23-12-7-8-14-33-23)29(2,3)25(20)35-37(27)24(18)19/h7-16,34H,6,17H2,1-5H3. The van der Waals surface area contributed by atoms with Crippen molar-refractivity contribution in [2.45, 2.75) is 64.2 Å². The molecule has 1 aromatic carbocycles. The van der Waals surface area contributed by atoms with Gasteiger partial charge in [-0.1, -0.05) is 31.2 Å². The molecule has 0 bridgehead atoms. The van der Waals surface area contributed by atoms with E-state index in [4.69, 9.17) is 5.10 Å². The Hall–Kier alpha value is -4.00. The second-order valence-electron chi connectivity index (χ2n) is 11.4. The highest BCUT2D eigenvalue weighted by atomic mass is 19.1. The molecular formula is C31H30FN5O. The summed E-state index contributed by atoms with van der Waals surface area (Å²) in [5.41, 5.74) is 5.98. The van der Waals surface area contributed by atoms with Crippen LogP contribution in [0.2, 0.25) is 0 Å². The molecule has 3 aliphatic rings. The topological polar surface area (TPSA) is 66.8 Å². The van der Waals surface area contributed by atoms with Crippen LogP contribution in [0.15, 0.2) is 60.9 Å². The molecule has 38 heavy (non-hydrogen) atoms. The van der Waals surface area contributed by atoms with Crippen molar-refractivity contribution in [3.8, 4) is 5.69 Å². The summed E-state index contributed by atoms with van der Waals surface area (Å²) in [6.07, 6.45) is 6.07. The Bertz CT molecular complexity index is 1680. The number of hydrogen-bond donors (Lipinski definition) is 1. The first-order chi connectivity index (χ1) is 18.1. The van der Waals surface area contributed by atoms with Crippen molar-refractivity contribution in [3.05, 3.63) is 106 Å². The minimum Gasteiger partial charge on any atom is -0.362 e. The van der Waals surface area contributed by atoms with Gasteiger partial charge >= 0.3 is 0 Å². The van der Waals surface area contributed by atoms with Crippen molar-refractivity contribution < 1.29 is 9.18 Å². The SMILES string of the molecule is CCc1cccc2c1-n1nc3c(c1C1(C)C2=CC(C)(F)c2[nH]ccc21)CN(C(=O)c1ccccn1)C3(C)C. The first-order valence-corrected chi connectivity index (χ1v) is 13.2. The molecule has 2 aliphatic heterocycles. The van der Waals surface area contributed by atoms with Crippen molar-refractivity contribution in [2.24, 2.45) is 0 Å². The van der Waals surface area contributed by atoms with Crippen molar-refractivity contribution in [3.63, 3.8) is 0 Å². The number of hydrogen-bond acceptors (Lipinski definition) is 3. The van der Waals surface area contributed by atoms with E-state index >= 15 is 4.39 Å². The number of amides is 1. The normalized spacial score (nSPS) is 24.2. The summed E-state index contributed by atoms with van der Waals surface area (Å²) in [6, 6.07) is 13.7. The molecule has 5 heterocycles. The predicted octanol–water partition coefficient (Wildman–Crippen LogP) is 5.95. The molecule has 4 aromatic rings. The molecule has 0 spiro atoms. The molecule has 1 N–H and O–H groups in total. The maximum atomic E-state index is 16.2. The van der Waals surface area contributed by atoms with E-state index in [-0.39, 0.29) is 5.91 Å². The molecule has 7 heteroatoms. The van der Waals surface area contributed by atoms with Gasteiger partial charge in [0.1, 0.15) is 5.69 Å². The van der Waals surface area contributed by atoms with Crippen LogP contribution in [-0.4, -0.2) is 30.6 Å². The lowest BCUT2D eigenvalue weighted by atomic mass is 9.62. The summed E-state index contributed by atoms with van der Waals surface area (Å²) in [6.45, 7) is 10.4. The fourth-order valence-corrected chi connectivity index (χ4v) is 6.97. The van der Waals surface area contributed by atoms with E-state index in [9.17, 15) is 4.79 Å². The monoisotopic (exact) mass is 507 g/mol. The van der Waals surface area contributed by atoms with Gasteiger partial charge in [0.2, 0.25) is 0 Å². The fourth-order valence-electron chi connectivity index (χ4n) is 6.97. The molecule has 2 atom stereocenters. The first kappa shape index (κ1) is 23.1. The van der Waals surface area contributed by atoms with Crippen LogP contribution in [0.1, 0.15) is 84.4 Å². The number of benzene rings is 1. The highest BCUT2D eigenvalue weighted by molar-refractivity contribution is 5.94. The van der Waals surface area contributed by atoms with Gasteiger partial charge in [0.15, 0.2) is 5.67 Å². The van der Waals surface area contributed by atoms with Crippen molar-refractivity contribution >= 4 is 11.5 Å². The number of nitrogens with zero attached hydrogens (tertiary/aromatic N) is 4. The Morgan fingerprint density at radius 1 is 1.11 bits per heavy atom. The highest BCUT2D eigenvalue weighted by Crippen LogP contribution is 2.59. The van der Waals surface area contributed by atoms with Gasteiger partial charge in [-0.3, -0.25) is 9.78 Å². The molecule has 2 unspecified atom stereocenters. The number of carbonyl (C=O) groups is 1. The lowest BCUT2D eigenvalue weighted by Gasteiger charge is -2.44. The third kappa shape index (κ3) is 2.69. The van der Waals surface area contributed by atoms with Crippen molar-refractivity contribution in [1.82, 2.24) is 24.6 Å². The van der Waals surface area contributed by atoms with Crippen LogP contribution in [0.5, 0.6) is 0 Å². The first-order valence-electron chi connectivity index (χ1n) is 13.2. The van der Waals surface area contributed by atoms with Crippen LogP contribution in [0.25, 0.3) is 11.3 Å². The molecule has 0 saturated heterocycles. The van der Waals surface area contributed by atoms with E-state index in [1.165, 1.54) is 0 Å². The summed E-state index contributed by atoms with van der Waals surface area (Å²) >= 11 is 0. The van der Waals surface area contributed by atoms with E-state index in [0.29, 0.717) is 17.9 Å². The zero-order valence-corrected chi connectivity index (χ0v) is 22.3. The average Bonchev–Trinajstić information content (AvgIpc) is 3.61. The lowest BCUT2D eigenvalue weighted by molar-refractivity contribution is 0.0559. The number of aryl methyl sites for hydroxylation is 1. The van der Waals surface area contributed by atoms with Crippen LogP contribution < -0.4 is 0 Å². The molecule has 3 aromatic heterocycles. The fraction of sp³-hybridized carbons (Fsp3) is 0.323. The predicted molar refractivity (Wildman–Crippen MR) is 144 cm³/mol. The number of para-hydroxylation sites is 1. The van der Waals surface area contributed by atoms with Gasteiger partial charge in [-0.25, -0.2) is 9.07 Å². The minimum absolute atomic E-state index is 0.124. The van der Waals surface area contributed by atoms with Gasteiger partial charge in [-0.15, -0.1) is 0 Å². The van der Waals surface area contributed by atoms with Gasteiger partial charge in [0.05, 0.1) is 40.3 Å². The Morgan fingerprint density at radius 2 is 1.92 bits per heavy atom. The van der Waals surface area contributed by atoms with Crippen molar-refractivity contribution in [2.75, 3.05) is 0 Å². The molecule has 1 amide bonds. The smallest absolute Gasteiger partial charge is 0.273 e. The lowest BCUT2D eigenvalue weighted by Crippen LogP contribution is -2.43. The molecule has 6 nitrogen and oxygen atoms in total. The number of fused-ring (bicyclic) bond motifs is 10. The summed E-state index contributed by atoms with van der Waals surface area (Å²) < 4.78 is 18.3. The number of pyridine rings is 1. The molecule has 0 fully saturated rings. The largest absolute Gasteiger partial charge is 0.362 e. The van der Waals surface area contributed by atoms with Gasteiger partial charge in [0.25, 0.3) is 5.91 Å². The second kappa shape index (κ2) is 7.31. The van der Waals surface area contributed by atoms with Crippen LogP contribution in [0, 0.1) is 0 Å². The number of rotatable bonds is 2. The van der Waals surface area contributed by atoms with Crippen LogP contribution in [0.4, 0.5) is 4.39 Å². The van der Waals surface area contributed by atoms with Gasteiger partial charge in [0, 0.05) is 23.5 Å². The minimum atomic E-state index is -1.64. The van der Waals surface area contributed by atoms with E-state index in [1.807, 2.05) is 43.1 Å². The zero-order valence-electron chi connectivity index (χ0n) is 22.3. The number of nitrogens with one attached hydrogen (secondary N) is 1. The van der Waals surface area contributed by atoms with Crippen LogP contribution in [-0.2, 0) is 29.6 Å². The number of alkyl halides is 1. The maximum Gasteiger partial charge on any atom is 0.273 e. The Balaban J connectivity index is 1.52. The van der Waals surface area contributed by atoms with Crippen molar-refractivity contribution in [1.29, 1.82) is 0 Å². The molecule has 1 aliphatic carbocycles. The van der Waals surface area contributed by atoms with Crippen LogP contribution in [0.3, 0.4) is 0 Å². The molecule has 7 rings (SSSR count). The van der Waals surface area contributed by atoms with Gasteiger partial charge < -0.3 is 9.88 Å². The summed E-state index contributed by atoms with van der Waals surface area (Å²) in [5, 5.41) is 5.26. The highest BCUT2D eigenvalue weighted by Gasteiger charge is 2.55. The Morgan fingerprint density at radius 3 is 2.66 bits per heavy atom. The number of aromatic nitrogens is 4. The molecular weight excluding hydrogens is 477 g/mol. The zero-order chi connectivity index (χ0) is 26.6. The third-order valence-electron chi connectivity index (χ3n) is 8.89. The number of allylic oxidation sites excluding steroid dienone is 2. The van der Waals surface area contributed by atoms with E-state index < -0.39 is 16.6 Å². The quantitative estimate of drug-likeness (QED) is 0.365. The Kier molecular flexibility index (Phi) is 4.45. The summed E-state index contributed by atoms with van der Waals surface area (Å²) in [4.78, 5) is 23.0. The second-order valence-corrected chi connectivity index (χ2v) is 11.4. The molecule has 0 radical (unpaired) electrons. The number of H-pyrrole nitrogens is 1. The average molecular weight is 508 g/mol. The molecule has 0 saturated carbocycles. The summed E-state index contributed by atoms with van der Waals surface area (Å²) in [7, 11) is 0. The van der Waals surface area contributed by atoms with E-state index in [0.717, 1.165) is 51.3 Å². The van der Waals surface area contributed by atoms with Gasteiger partial charge in [-0.05, 0) is 75.1 Å². The van der Waals surface area contributed by atoms with E-state index in [2.05, 4.69) is 46.7 Å². The Labute approximate surface area is 221 Å². The third-order valence-corrected chi connectivity index (χ3v) is 8.89. The van der Waals surface area contributed by atoms with E-state index in [1.54, 1.807) is 25.3 Å². The maximum absolute atomic E-state index is 16.2. The molecule has 192 valence electrons.